The van der Waals surface area contributed by atoms with Crippen LogP contribution in [0, 0.1) is 5.92 Å². The third-order valence-electron chi connectivity index (χ3n) is 2.63. The first kappa shape index (κ1) is 17.4. The van der Waals surface area contributed by atoms with Crippen molar-refractivity contribution in [2.75, 3.05) is 11.9 Å². The van der Waals surface area contributed by atoms with Crippen LogP contribution in [-0.4, -0.2) is 20.3 Å². The number of rotatable bonds is 7. The molecule has 0 radical (unpaired) electrons. The molecule has 0 aliphatic heterocycles. The minimum absolute atomic E-state index is 0.220. The Bertz CT molecular complexity index is 522. The van der Waals surface area contributed by atoms with E-state index in [0.29, 0.717) is 22.0 Å². The lowest BCUT2D eigenvalue weighted by Gasteiger charge is -2.09. The molecule has 0 aliphatic rings. The van der Waals surface area contributed by atoms with E-state index in [2.05, 4.69) is 43.5 Å². The summed E-state index contributed by atoms with van der Waals surface area (Å²) in [7, 11) is -3.45. The monoisotopic (exact) mass is 431 g/mol. The molecule has 0 bridgehead atoms. The zero-order valence-electron chi connectivity index (χ0n) is 10.5. The van der Waals surface area contributed by atoms with Crippen molar-refractivity contribution < 1.29 is 8.42 Å². The Morgan fingerprint density at radius 3 is 2.68 bits per heavy atom. The van der Waals surface area contributed by atoms with Crippen LogP contribution in [0.2, 0.25) is 5.02 Å². The van der Waals surface area contributed by atoms with Gasteiger partial charge >= 0.3 is 0 Å². The SMILES string of the molecule is CC(CBr)CCCNS(=O)(=O)c1ccc(Cl)c(Br)c1. The second kappa shape index (κ2) is 7.98. The molecule has 1 rings (SSSR count). The van der Waals surface area contributed by atoms with Crippen molar-refractivity contribution in [1.82, 2.24) is 4.72 Å². The standard InChI is InChI=1S/C12H16Br2ClNO2S/c1-9(8-13)3-2-6-16-19(17,18)10-4-5-12(15)11(14)7-10/h4-5,7,9,16H,2-3,6,8H2,1H3. The van der Waals surface area contributed by atoms with Crippen LogP contribution >= 0.6 is 43.5 Å². The first-order valence-electron chi connectivity index (χ1n) is 5.87. The van der Waals surface area contributed by atoms with E-state index in [-0.39, 0.29) is 4.90 Å². The molecule has 0 spiro atoms. The van der Waals surface area contributed by atoms with E-state index in [1.165, 1.54) is 12.1 Å². The van der Waals surface area contributed by atoms with E-state index in [0.717, 1.165) is 18.2 Å². The lowest BCUT2D eigenvalue weighted by Crippen LogP contribution is -2.25. The molecule has 0 amide bonds. The predicted molar refractivity (Wildman–Crippen MR) is 86.5 cm³/mol. The van der Waals surface area contributed by atoms with Crippen LogP contribution in [0.15, 0.2) is 27.6 Å². The van der Waals surface area contributed by atoms with Crippen LogP contribution in [0.25, 0.3) is 0 Å². The number of hydrogen-bond acceptors (Lipinski definition) is 2. The molecule has 1 atom stereocenters. The van der Waals surface area contributed by atoms with Crippen molar-refractivity contribution in [3.63, 3.8) is 0 Å². The third kappa shape index (κ3) is 5.71. The first-order valence-corrected chi connectivity index (χ1v) is 9.65. The normalized spacial score (nSPS) is 13.5. The highest BCUT2D eigenvalue weighted by Gasteiger charge is 2.14. The molecule has 1 aromatic carbocycles. The maximum absolute atomic E-state index is 12.0. The molecule has 0 aliphatic carbocycles. The predicted octanol–water partition coefficient (Wildman–Crippen LogP) is 4.19. The average Bonchev–Trinajstić information content (AvgIpc) is 2.37. The lowest BCUT2D eigenvalue weighted by molar-refractivity contribution is 0.546. The van der Waals surface area contributed by atoms with Gasteiger partial charge in [-0.25, -0.2) is 13.1 Å². The van der Waals surface area contributed by atoms with E-state index in [1.54, 1.807) is 6.07 Å². The summed E-state index contributed by atoms with van der Waals surface area (Å²) in [6.45, 7) is 2.57. The van der Waals surface area contributed by atoms with Gasteiger partial charge in [0.25, 0.3) is 0 Å². The molecule has 0 saturated carbocycles. The number of halogens is 3. The summed E-state index contributed by atoms with van der Waals surface area (Å²) >= 11 is 12.5. The van der Waals surface area contributed by atoms with Gasteiger partial charge < -0.3 is 0 Å². The Morgan fingerprint density at radius 1 is 1.42 bits per heavy atom. The number of benzene rings is 1. The van der Waals surface area contributed by atoms with E-state index in [9.17, 15) is 8.42 Å². The summed E-state index contributed by atoms with van der Waals surface area (Å²) in [5.41, 5.74) is 0. The van der Waals surface area contributed by atoms with Gasteiger partial charge in [0.05, 0.1) is 9.92 Å². The van der Waals surface area contributed by atoms with Gasteiger partial charge in [-0.15, -0.1) is 0 Å². The molecule has 1 aromatic rings. The molecule has 108 valence electrons. The Morgan fingerprint density at radius 2 is 2.11 bits per heavy atom. The lowest BCUT2D eigenvalue weighted by atomic mass is 10.1. The van der Waals surface area contributed by atoms with Crippen LogP contribution in [-0.2, 0) is 10.0 Å². The fourth-order valence-corrected chi connectivity index (χ4v) is 3.53. The summed E-state index contributed by atoms with van der Waals surface area (Å²) in [6.07, 6.45) is 1.80. The summed E-state index contributed by atoms with van der Waals surface area (Å²) in [5.74, 6) is 0.550. The smallest absolute Gasteiger partial charge is 0.211 e. The molecule has 1 unspecified atom stereocenters. The van der Waals surface area contributed by atoms with E-state index in [1.807, 2.05) is 0 Å². The van der Waals surface area contributed by atoms with Crippen molar-refractivity contribution in [2.45, 2.75) is 24.7 Å². The van der Waals surface area contributed by atoms with E-state index >= 15 is 0 Å². The quantitative estimate of drug-likeness (QED) is 0.518. The Labute approximate surface area is 136 Å². The van der Waals surface area contributed by atoms with Crippen LogP contribution in [0.3, 0.4) is 0 Å². The summed E-state index contributed by atoms with van der Waals surface area (Å²) in [4.78, 5) is 0.220. The van der Waals surface area contributed by atoms with Gasteiger partial charge in [0.1, 0.15) is 0 Å². The second-order valence-corrected chi connectivity index (χ2v) is 8.05. The fraction of sp³-hybridized carbons (Fsp3) is 0.500. The highest BCUT2D eigenvalue weighted by molar-refractivity contribution is 9.10. The van der Waals surface area contributed by atoms with Crippen LogP contribution in [0.5, 0.6) is 0 Å². The topological polar surface area (TPSA) is 46.2 Å². The summed E-state index contributed by atoms with van der Waals surface area (Å²) < 4.78 is 27.2. The van der Waals surface area contributed by atoms with Gasteiger partial charge in [0.2, 0.25) is 10.0 Å². The average molecular weight is 434 g/mol. The van der Waals surface area contributed by atoms with Crippen molar-refractivity contribution in [3.8, 4) is 0 Å². The van der Waals surface area contributed by atoms with Gasteiger partial charge in [-0.05, 0) is 52.9 Å². The highest BCUT2D eigenvalue weighted by atomic mass is 79.9. The Balaban J connectivity index is 2.58. The highest BCUT2D eigenvalue weighted by Crippen LogP contribution is 2.25. The maximum Gasteiger partial charge on any atom is 0.240 e. The van der Waals surface area contributed by atoms with Crippen molar-refractivity contribution in [2.24, 2.45) is 5.92 Å². The zero-order chi connectivity index (χ0) is 14.5. The van der Waals surface area contributed by atoms with Crippen molar-refractivity contribution in [1.29, 1.82) is 0 Å². The Hall–Kier alpha value is 0.380. The van der Waals surface area contributed by atoms with Crippen LogP contribution in [0.4, 0.5) is 0 Å². The molecule has 3 nitrogen and oxygen atoms in total. The number of hydrogen-bond donors (Lipinski definition) is 1. The van der Waals surface area contributed by atoms with E-state index < -0.39 is 10.0 Å². The van der Waals surface area contributed by atoms with Crippen LogP contribution in [0.1, 0.15) is 19.8 Å². The third-order valence-corrected chi connectivity index (χ3v) is 6.41. The molecule has 0 heterocycles. The summed E-state index contributed by atoms with van der Waals surface area (Å²) in [6, 6.07) is 4.56. The van der Waals surface area contributed by atoms with Gasteiger partial charge in [0.15, 0.2) is 0 Å². The molecule has 19 heavy (non-hydrogen) atoms. The minimum atomic E-state index is -3.45. The zero-order valence-corrected chi connectivity index (χ0v) is 15.2. The van der Waals surface area contributed by atoms with Gasteiger partial charge in [-0.1, -0.05) is 34.5 Å². The number of alkyl halides is 1. The number of sulfonamides is 1. The molecule has 0 fully saturated rings. The van der Waals surface area contributed by atoms with E-state index in [4.69, 9.17) is 11.6 Å². The molecular weight excluding hydrogens is 417 g/mol. The van der Waals surface area contributed by atoms with Gasteiger partial charge in [-0.2, -0.15) is 0 Å². The first-order chi connectivity index (χ1) is 8.86. The van der Waals surface area contributed by atoms with Gasteiger partial charge in [-0.3, -0.25) is 0 Å². The Kier molecular flexibility index (Phi) is 7.32. The van der Waals surface area contributed by atoms with Crippen molar-refractivity contribution in [3.05, 3.63) is 27.7 Å². The molecular formula is C12H16Br2ClNO2S. The molecule has 0 saturated heterocycles. The largest absolute Gasteiger partial charge is 0.240 e. The van der Waals surface area contributed by atoms with Crippen molar-refractivity contribution >= 4 is 53.5 Å². The summed E-state index contributed by atoms with van der Waals surface area (Å²) in [5, 5.41) is 1.43. The van der Waals surface area contributed by atoms with Crippen LogP contribution < -0.4 is 4.72 Å². The molecule has 1 N–H and O–H groups in total. The minimum Gasteiger partial charge on any atom is -0.211 e. The van der Waals surface area contributed by atoms with Gasteiger partial charge in [0, 0.05) is 16.3 Å². The second-order valence-electron chi connectivity index (χ2n) is 4.38. The maximum atomic E-state index is 12.0. The molecule has 0 aromatic heterocycles. The molecule has 7 heteroatoms. The fourth-order valence-electron chi connectivity index (χ4n) is 1.46. The number of nitrogens with one attached hydrogen (secondary N) is 1.